The van der Waals surface area contributed by atoms with Gasteiger partial charge in [-0.05, 0) is 50.3 Å². The normalized spacial score (nSPS) is 10.4. The van der Waals surface area contributed by atoms with Gasteiger partial charge in [0.1, 0.15) is 5.75 Å². The third-order valence-corrected chi connectivity index (χ3v) is 3.59. The molecule has 2 rings (SSSR count). The van der Waals surface area contributed by atoms with Crippen LogP contribution >= 0.6 is 23.6 Å². The lowest BCUT2D eigenvalue weighted by Gasteiger charge is -2.07. The van der Waals surface area contributed by atoms with E-state index in [1.165, 1.54) is 5.69 Å². The number of aromatic nitrogens is 1. The van der Waals surface area contributed by atoms with Crippen molar-refractivity contribution in [2.45, 2.75) is 13.8 Å². The fraction of sp³-hybridized carbons (Fsp3) is 0.250. The van der Waals surface area contributed by atoms with Crippen molar-refractivity contribution in [3.05, 3.63) is 39.3 Å². The lowest BCUT2D eigenvalue weighted by molar-refractivity contribution is 0.340. The first kappa shape index (κ1) is 11.4. The first-order valence-corrected chi connectivity index (χ1v) is 6.41. The summed E-state index contributed by atoms with van der Waals surface area (Å²) in [5.41, 5.74) is 2.26. The quantitative estimate of drug-likeness (QED) is 0.766. The first-order chi connectivity index (χ1) is 7.72. The van der Waals surface area contributed by atoms with Gasteiger partial charge in [0.2, 0.25) is 0 Å². The van der Waals surface area contributed by atoms with Crippen LogP contribution in [0.1, 0.15) is 12.6 Å². The molecule has 0 spiro atoms. The first-order valence-electron chi connectivity index (χ1n) is 5.12. The Morgan fingerprint density at radius 2 is 2.00 bits per heavy atom. The molecule has 0 amide bonds. The maximum absolute atomic E-state index is 5.41. The summed E-state index contributed by atoms with van der Waals surface area (Å²) < 4.78 is 8.35. The number of hydrogen-bond acceptors (Lipinski definition) is 3. The van der Waals surface area contributed by atoms with Crippen molar-refractivity contribution in [1.29, 1.82) is 0 Å². The molecule has 0 saturated carbocycles. The highest BCUT2D eigenvalue weighted by atomic mass is 32.1. The molecule has 0 aliphatic carbocycles. The number of rotatable bonds is 3. The van der Waals surface area contributed by atoms with Gasteiger partial charge in [-0.2, -0.15) is 0 Å². The highest BCUT2D eigenvalue weighted by Crippen LogP contribution is 2.20. The minimum absolute atomic E-state index is 0.691. The second-order valence-electron chi connectivity index (χ2n) is 3.41. The molecular formula is C12H13NOS2. The Kier molecular flexibility index (Phi) is 3.41. The lowest BCUT2D eigenvalue weighted by atomic mass is 10.3. The van der Waals surface area contributed by atoms with E-state index in [1.54, 1.807) is 11.3 Å². The molecule has 2 aromatic rings. The zero-order valence-corrected chi connectivity index (χ0v) is 10.9. The van der Waals surface area contributed by atoms with Crippen molar-refractivity contribution in [1.82, 2.24) is 4.57 Å². The Morgan fingerprint density at radius 1 is 1.31 bits per heavy atom. The Bertz CT molecular complexity index is 525. The van der Waals surface area contributed by atoms with Crippen LogP contribution < -0.4 is 4.74 Å². The summed E-state index contributed by atoms with van der Waals surface area (Å²) in [7, 11) is 0. The van der Waals surface area contributed by atoms with Gasteiger partial charge in [0, 0.05) is 16.8 Å². The van der Waals surface area contributed by atoms with Gasteiger partial charge in [-0.15, -0.1) is 11.3 Å². The van der Waals surface area contributed by atoms with E-state index in [0.717, 1.165) is 15.4 Å². The summed E-state index contributed by atoms with van der Waals surface area (Å²) in [5.74, 6) is 0.894. The Hall–Kier alpha value is -1.13. The van der Waals surface area contributed by atoms with Crippen LogP contribution in [0, 0.1) is 10.9 Å². The van der Waals surface area contributed by atoms with Crippen molar-refractivity contribution < 1.29 is 4.74 Å². The van der Waals surface area contributed by atoms with Gasteiger partial charge in [-0.25, -0.2) is 0 Å². The maximum atomic E-state index is 5.41. The molecule has 1 aromatic carbocycles. The lowest BCUT2D eigenvalue weighted by Crippen LogP contribution is -1.96. The van der Waals surface area contributed by atoms with E-state index in [4.69, 9.17) is 17.0 Å². The Balaban J connectivity index is 2.39. The van der Waals surface area contributed by atoms with Crippen LogP contribution in [0.25, 0.3) is 5.69 Å². The van der Waals surface area contributed by atoms with Gasteiger partial charge in [-0.3, -0.25) is 4.57 Å². The number of aryl methyl sites for hydroxylation is 1. The summed E-state index contributed by atoms with van der Waals surface area (Å²) in [5, 5.41) is 2.07. The second-order valence-corrected chi connectivity index (χ2v) is 4.91. The summed E-state index contributed by atoms with van der Waals surface area (Å²) in [6.45, 7) is 4.73. The fourth-order valence-corrected chi connectivity index (χ4v) is 2.68. The van der Waals surface area contributed by atoms with Gasteiger partial charge in [0.05, 0.1) is 6.61 Å². The van der Waals surface area contributed by atoms with Gasteiger partial charge in [-0.1, -0.05) is 0 Å². The van der Waals surface area contributed by atoms with Crippen LogP contribution in [0.5, 0.6) is 5.75 Å². The van der Waals surface area contributed by atoms with E-state index in [9.17, 15) is 0 Å². The zero-order valence-electron chi connectivity index (χ0n) is 9.27. The molecule has 0 aliphatic heterocycles. The number of hydrogen-bond donors (Lipinski definition) is 0. The van der Waals surface area contributed by atoms with E-state index in [-0.39, 0.29) is 0 Å². The third kappa shape index (κ3) is 2.18. The molecule has 0 bridgehead atoms. The van der Waals surface area contributed by atoms with E-state index in [2.05, 4.69) is 16.9 Å². The molecule has 84 valence electrons. The molecule has 0 saturated heterocycles. The topological polar surface area (TPSA) is 14.2 Å². The van der Waals surface area contributed by atoms with Crippen LogP contribution in [0.15, 0.2) is 29.6 Å². The van der Waals surface area contributed by atoms with Crippen LogP contribution in [-0.4, -0.2) is 11.2 Å². The number of benzene rings is 1. The third-order valence-electron chi connectivity index (χ3n) is 2.27. The standard InChI is InChI=1S/C12H13NOS2/c1-3-14-11-6-4-10(5-7-11)13-9(2)8-16-12(13)15/h4-8H,3H2,1-2H3. The molecule has 0 aliphatic rings. The predicted molar refractivity (Wildman–Crippen MR) is 70.4 cm³/mol. The van der Waals surface area contributed by atoms with E-state index < -0.39 is 0 Å². The predicted octanol–water partition coefficient (Wildman–Crippen LogP) is 3.98. The Labute approximate surface area is 104 Å². The zero-order chi connectivity index (χ0) is 11.5. The summed E-state index contributed by atoms with van der Waals surface area (Å²) in [6.07, 6.45) is 0. The Morgan fingerprint density at radius 3 is 2.50 bits per heavy atom. The molecule has 1 aromatic heterocycles. The van der Waals surface area contributed by atoms with Crippen molar-refractivity contribution in [2.24, 2.45) is 0 Å². The summed E-state index contributed by atoms with van der Waals surface area (Å²) in [4.78, 5) is 0. The molecule has 16 heavy (non-hydrogen) atoms. The average Bonchev–Trinajstić information content (AvgIpc) is 2.61. The van der Waals surface area contributed by atoms with E-state index in [1.807, 2.05) is 31.2 Å². The molecule has 2 nitrogen and oxygen atoms in total. The molecule has 1 heterocycles. The average molecular weight is 251 g/mol. The number of nitrogens with zero attached hydrogens (tertiary/aromatic N) is 1. The van der Waals surface area contributed by atoms with Crippen LogP contribution in [0.3, 0.4) is 0 Å². The monoisotopic (exact) mass is 251 g/mol. The smallest absolute Gasteiger partial charge is 0.165 e. The van der Waals surface area contributed by atoms with Gasteiger partial charge in [0.15, 0.2) is 3.95 Å². The molecule has 4 heteroatoms. The molecule has 0 fully saturated rings. The van der Waals surface area contributed by atoms with Crippen LogP contribution in [0.4, 0.5) is 0 Å². The highest BCUT2D eigenvalue weighted by Gasteiger charge is 2.02. The largest absolute Gasteiger partial charge is 0.494 e. The van der Waals surface area contributed by atoms with E-state index >= 15 is 0 Å². The van der Waals surface area contributed by atoms with Crippen LogP contribution in [-0.2, 0) is 0 Å². The minimum atomic E-state index is 0.691. The minimum Gasteiger partial charge on any atom is -0.494 e. The van der Waals surface area contributed by atoms with Crippen LogP contribution in [0.2, 0.25) is 0 Å². The second kappa shape index (κ2) is 4.80. The van der Waals surface area contributed by atoms with Gasteiger partial charge < -0.3 is 4.74 Å². The van der Waals surface area contributed by atoms with Gasteiger partial charge >= 0.3 is 0 Å². The van der Waals surface area contributed by atoms with Crippen molar-refractivity contribution >= 4 is 23.6 Å². The molecule has 0 N–H and O–H groups in total. The number of ether oxygens (including phenoxy) is 1. The van der Waals surface area contributed by atoms with Crippen molar-refractivity contribution in [2.75, 3.05) is 6.61 Å². The van der Waals surface area contributed by atoms with E-state index in [0.29, 0.717) is 6.61 Å². The number of thiazole rings is 1. The fourth-order valence-electron chi connectivity index (χ4n) is 1.55. The van der Waals surface area contributed by atoms with Crippen molar-refractivity contribution in [3.63, 3.8) is 0 Å². The molecular weight excluding hydrogens is 238 g/mol. The van der Waals surface area contributed by atoms with Gasteiger partial charge in [0.25, 0.3) is 0 Å². The van der Waals surface area contributed by atoms with Crippen molar-refractivity contribution in [3.8, 4) is 11.4 Å². The maximum Gasteiger partial charge on any atom is 0.165 e. The molecule has 0 radical (unpaired) electrons. The molecule has 0 atom stereocenters. The highest BCUT2D eigenvalue weighted by molar-refractivity contribution is 7.73. The summed E-state index contributed by atoms with van der Waals surface area (Å²) >= 11 is 6.88. The summed E-state index contributed by atoms with van der Waals surface area (Å²) in [6, 6.07) is 8.00. The molecule has 0 unspecified atom stereocenters. The SMILES string of the molecule is CCOc1ccc(-n2c(C)csc2=S)cc1.